The molecule has 4 nitrogen and oxygen atoms in total. The molecule has 1 heterocycles. The third kappa shape index (κ3) is 1.97. The van der Waals surface area contributed by atoms with E-state index in [-0.39, 0.29) is 0 Å². The third-order valence-corrected chi connectivity index (χ3v) is 2.16. The van der Waals surface area contributed by atoms with Gasteiger partial charge in [-0.15, -0.1) is 0 Å². The van der Waals surface area contributed by atoms with Crippen molar-refractivity contribution < 1.29 is 0 Å². The molecule has 1 aromatic heterocycles. The second-order valence-corrected chi connectivity index (χ2v) is 3.23. The predicted molar refractivity (Wildman–Crippen MR) is 56.9 cm³/mol. The van der Waals surface area contributed by atoms with Crippen LogP contribution in [0.3, 0.4) is 0 Å². The lowest BCUT2D eigenvalue weighted by atomic mass is 10.1. The summed E-state index contributed by atoms with van der Waals surface area (Å²) < 4.78 is 1.83. The molecule has 0 atom stereocenters. The summed E-state index contributed by atoms with van der Waals surface area (Å²) >= 11 is 0. The summed E-state index contributed by atoms with van der Waals surface area (Å²) in [6, 6.07) is 9.55. The van der Waals surface area contributed by atoms with Gasteiger partial charge in [-0.1, -0.05) is 12.1 Å². The Kier molecular flexibility index (Phi) is 2.38. The summed E-state index contributed by atoms with van der Waals surface area (Å²) in [5.41, 5.74) is 7.34. The van der Waals surface area contributed by atoms with E-state index in [9.17, 15) is 0 Å². The normalized spacial score (nSPS) is 9.80. The molecule has 1 aromatic carbocycles. The summed E-state index contributed by atoms with van der Waals surface area (Å²) in [5.74, 6) is 0.484. The van der Waals surface area contributed by atoms with Gasteiger partial charge in [0, 0.05) is 12.4 Å². The van der Waals surface area contributed by atoms with Gasteiger partial charge < -0.3 is 10.3 Å². The van der Waals surface area contributed by atoms with Crippen molar-refractivity contribution in [1.82, 2.24) is 9.55 Å². The van der Waals surface area contributed by atoms with Gasteiger partial charge in [0.2, 0.25) is 0 Å². The Morgan fingerprint density at radius 3 is 3.00 bits per heavy atom. The second kappa shape index (κ2) is 3.84. The number of benzene rings is 1. The van der Waals surface area contributed by atoms with Crippen LogP contribution in [0.5, 0.6) is 0 Å². The first kappa shape index (κ1) is 9.28. The van der Waals surface area contributed by atoms with Crippen molar-refractivity contribution in [3.8, 4) is 6.07 Å². The van der Waals surface area contributed by atoms with Gasteiger partial charge in [0.05, 0.1) is 18.2 Å². The highest BCUT2D eigenvalue weighted by Crippen LogP contribution is 2.08. The number of nitrogens with two attached hydrogens (primary N) is 1. The first-order chi connectivity index (χ1) is 7.29. The van der Waals surface area contributed by atoms with Crippen LogP contribution in [-0.2, 0) is 6.54 Å². The van der Waals surface area contributed by atoms with Gasteiger partial charge in [0.1, 0.15) is 0 Å². The highest BCUT2D eigenvalue weighted by Gasteiger charge is 1.99. The van der Waals surface area contributed by atoms with Crippen molar-refractivity contribution in [2.75, 3.05) is 5.73 Å². The number of aromatic nitrogens is 2. The summed E-state index contributed by atoms with van der Waals surface area (Å²) in [6.45, 7) is 0.640. The van der Waals surface area contributed by atoms with E-state index in [1.165, 1.54) is 0 Å². The smallest absolute Gasteiger partial charge is 0.200 e. The maximum Gasteiger partial charge on any atom is 0.200 e. The van der Waals surface area contributed by atoms with E-state index < -0.39 is 0 Å². The topological polar surface area (TPSA) is 67.6 Å². The van der Waals surface area contributed by atoms with Crippen LogP contribution in [0.4, 0.5) is 5.95 Å². The van der Waals surface area contributed by atoms with Crippen LogP contribution in [-0.4, -0.2) is 9.55 Å². The fourth-order valence-corrected chi connectivity index (χ4v) is 1.41. The number of nitrogen functional groups attached to an aromatic ring is 1. The quantitative estimate of drug-likeness (QED) is 0.792. The molecule has 0 aliphatic carbocycles. The van der Waals surface area contributed by atoms with Crippen molar-refractivity contribution in [2.24, 2.45) is 0 Å². The molecule has 74 valence electrons. The molecular weight excluding hydrogens is 188 g/mol. The molecule has 2 rings (SSSR count). The summed E-state index contributed by atoms with van der Waals surface area (Å²) in [4.78, 5) is 3.93. The molecule has 0 bridgehead atoms. The lowest BCUT2D eigenvalue weighted by molar-refractivity contribution is 0.810. The highest BCUT2D eigenvalue weighted by atomic mass is 15.1. The lowest BCUT2D eigenvalue weighted by Gasteiger charge is -2.04. The average molecular weight is 198 g/mol. The summed E-state index contributed by atoms with van der Waals surface area (Å²) in [5, 5.41) is 8.75. The molecule has 0 amide bonds. The molecule has 0 saturated carbocycles. The molecule has 0 spiro atoms. The third-order valence-electron chi connectivity index (χ3n) is 2.16. The van der Waals surface area contributed by atoms with Gasteiger partial charge in [-0.3, -0.25) is 0 Å². The van der Waals surface area contributed by atoms with Crippen molar-refractivity contribution >= 4 is 5.95 Å². The van der Waals surface area contributed by atoms with Gasteiger partial charge >= 0.3 is 0 Å². The molecule has 0 saturated heterocycles. The number of hydrogen-bond donors (Lipinski definition) is 1. The Labute approximate surface area is 87.6 Å². The Hall–Kier alpha value is -2.28. The average Bonchev–Trinajstić information content (AvgIpc) is 2.65. The highest BCUT2D eigenvalue weighted by molar-refractivity contribution is 5.33. The van der Waals surface area contributed by atoms with Crippen LogP contribution in [0.25, 0.3) is 0 Å². The molecule has 2 N–H and O–H groups in total. The van der Waals surface area contributed by atoms with Crippen molar-refractivity contribution in [2.45, 2.75) is 6.54 Å². The van der Waals surface area contributed by atoms with Crippen LogP contribution in [0, 0.1) is 11.3 Å². The fourth-order valence-electron chi connectivity index (χ4n) is 1.41. The van der Waals surface area contributed by atoms with E-state index in [1.807, 2.05) is 29.0 Å². The molecule has 4 heteroatoms. The minimum absolute atomic E-state index is 0.484. The number of nitrogens with zero attached hydrogens (tertiary/aromatic N) is 3. The minimum Gasteiger partial charge on any atom is -0.369 e. The molecule has 0 aliphatic rings. The van der Waals surface area contributed by atoms with E-state index >= 15 is 0 Å². The molecule has 0 aliphatic heterocycles. The standard InChI is InChI=1S/C11H10N4/c12-7-9-2-1-3-10(6-9)8-15-5-4-14-11(15)13/h1-6H,8H2,(H2,13,14). The maximum atomic E-state index is 8.75. The van der Waals surface area contributed by atoms with E-state index in [2.05, 4.69) is 11.1 Å². The van der Waals surface area contributed by atoms with Crippen molar-refractivity contribution in [1.29, 1.82) is 5.26 Å². The van der Waals surface area contributed by atoms with Gasteiger partial charge in [-0.2, -0.15) is 5.26 Å². The van der Waals surface area contributed by atoms with E-state index in [0.29, 0.717) is 18.1 Å². The molecule has 15 heavy (non-hydrogen) atoms. The monoisotopic (exact) mass is 198 g/mol. The number of imidazole rings is 1. The van der Waals surface area contributed by atoms with Gasteiger partial charge in [-0.25, -0.2) is 4.98 Å². The van der Waals surface area contributed by atoms with Crippen LogP contribution < -0.4 is 5.73 Å². The molecular formula is C11H10N4. The fraction of sp³-hybridized carbons (Fsp3) is 0.0909. The second-order valence-electron chi connectivity index (χ2n) is 3.23. The Bertz CT molecular complexity index is 507. The molecule has 0 radical (unpaired) electrons. The van der Waals surface area contributed by atoms with Crippen LogP contribution >= 0.6 is 0 Å². The van der Waals surface area contributed by atoms with E-state index in [1.54, 1.807) is 12.3 Å². The summed E-state index contributed by atoms with van der Waals surface area (Å²) in [6.07, 6.45) is 3.47. The van der Waals surface area contributed by atoms with Gasteiger partial charge in [0.15, 0.2) is 5.95 Å². The van der Waals surface area contributed by atoms with Crippen LogP contribution in [0.2, 0.25) is 0 Å². The molecule has 0 unspecified atom stereocenters. The van der Waals surface area contributed by atoms with E-state index in [4.69, 9.17) is 11.0 Å². The van der Waals surface area contributed by atoms with Crippen molar-refractivity contribution in [3.05, 3.63) is 47.8 Å². The van der Waals surface area contributed by atoms with Gasteiger partial charge in [-0.05, 0) is 17.7 Å². The van der Waals surface area contributed by atoms with Crippen LogP contribution in [0.1, 0.15) is 11.1 Å². The van der Waals surface area contributed by atoms with Crippen molar-refractivity contribution in [3.63, 3.8) is 0 Å². The minimum atomic E-state index is 0.484. The first-order valence-corrected chi connectivity index (χ1v) is 4.55. The van der Waals surface area contributed by atoms with Gasteiger partial charge in [0.25, 0.3) is 0 Å². The Morgan fingerprint density at radius 2 is 2.33 bits per heavy atom. The number of hydrogen-bond acceptors (Lipinski definition) is 3. The summed E-state index contributed by atoms with van der Waals surface area (Å²) in [7, 11) is 0. The van der Waals surface area contributed by atoms with Crippen LogP contribution in [0.15, 0.2) is 36.7 Å². The number of nitriles is 1. The largest absolute Gasteiger partial charge is 0.369 e. The zero-order valence-electron chi connectivity index (χ0n) is 8.09. The number of anilines is 1. The number of rotatable bonds is 2. The zero-order chi connectivity index (χ0) is 10.7. The first-order valence-electron chi connectivity index (χ1n) is 4.55. The zero-order valence-corrected chi connectivity index (χ0v) is 8.09. The maximum absolute atomic E-state index is 8.75. The molecule has 0 fully saturated rings. The lowest BCUT2D eigenvalue weighted by Crippen LogP contribution is -2.03. The SMILES string of the molecule is N#Cc1cccc(Cn2ccnc2N)c1. The van der Waals surface area contributed by atoms with E-state index in [0.717, 1.165) is 5.56 Å². The Balaban J connectivity index is 2.25. The Morgan fingerprint density at radius 1 is 1.47 bits per heavy atom. The predicted octanol–water partition coefficient (Wildman–Crippen LogP) is 1.39. The molecule has 2 aromatic rings.